The standard InChI is InChI=1S/C28H23BrN4O3/c1-2-5-26-31-24-13-12-21(29)14-23(24)27(34)33(26)30-15-20-17-32(25-7-4-3-6-22(20)25)16-18-8-10-19(11-9-18)28(35)36/h3-4,6-15,17H,2,5,16H2,1H3,(H,35,36). The predicted molar refractivity (Wildman–Crippen MR) is 145 cm³/mol. The average Bonchev–Trinajstić information content (AvgIpc) is 3.22. The molecule has 0 saturated heterocycles. The van der Waals surface area contributed by atoms with Crippen molar-refractivity contribution in [2.45, 2.75) is 26.3 Å². The van der Waals surface area contributed by atoms with Crippen LogP contribution in [0, 0.1) is 0 Å². The normalized spacial score (nSPS) is 11.6. The Hall–Kier alpha value is -4.04. The summed E-state index contributed by atoms with van der Waals surface area (Å²) in [6.07, 6.45) is 5.17. The lowest BCUT2D eigenvalue weighted by Gasteiger charge is -2.08. The molecule has 0 atom stereocenters. The fraction of sp³-hybridized carbons (Fsp3) is 0.143. The molecule has 0 radical (unpaired) electrons. The molecule has 2 heterocycles. The summed E-state index contributed by atoms with van der Waals surface area (Å²) in [6.45, 7) is 2.61. The minimum absolute atomic E-state index is 0.205. The Morgan fingerprint density at radius 3 is 2.61 bits per heavy atom. The molecule has 0 unspecified atom stereocenters. The van der Waals surface area contributed by atoms with E-state index in [0.29, 0.717) is 29.7 Å². The molecule has 180 valence electrons. The summed E-state index contributed by atoms with van der Waals surface area (Å²) in [7, 11) is 0. The fourth-order valence-corrected chi connectivity index (χ4v) is 4.64. The minimum Gasteiger partial charge on any atom is -0.478 e. The molecule has 0 bridgehead atoms. The van der Waals surface area contributed by atoms with Gasteiger partial charge in [-0.05, 0) is 48.4 Å². The minimum atomic E-state index is -0.945. The topological polar surface area (TPSA) is 89.5 Å². The number of aryl methyl sites for hydroxylation is 1. The first-order valence-corrected chi connectivity index (χ1v) is 12.4. The van der Waals surface area contributed by atoms with Crippen molar-refractivity contribution in [3.8, 4) is 0 Å². The lowest BCUT2D eigenvalue weighted by Crippen LogP contribution is -2.22. The van der Waals surface area contributed by atoms with E-state index < -0.39 is 5.97 Å². The summed E-state index contributed by atoms with van der Waals surface area (Å²) < 4.78 is 4.31. The van der Waals surface area contributed by atoms with Gasteiger partial charge < -0.3 is 9.67 Å². The van der Waals surface area contributed by atoms with Gasteiger partial charge in [0, 0.05) is 40.1 Å². The molecule has 1 N–H and O–H groups in total. The summed E-state index contributed by atoms with van der Waals surface area (Å²) >= 11 is 3.44. The Morgan fingerprint density at radius 1 is 1.08 bits per heavy atom. The Labute approximate surface area is 215 Å². The van der Waals surface area contributed by atoms with Gasteiger partial charge in [0.25, 0.3) is 5.56 Å². The van der Waals surface area contributed by atoms with Gasteiger partial charge in [-0.1, -0.05) is 53.2 Å². The van der Waals surface area contributed by atoms with Crippen LogP contribution >= 0.6 is 15.9 Å². The number of rotatable bonds is 7. The van der Waals surface area contributed by atoms with Crippen molar-refractivity contribution in [2.75, 3.05) is 0 Å². The molecule has 5 aromatic rings. The zero-order valence-electron chi connectivity index (χ0n) is 19.6. The number of aromatic nitrogens is 3. The van der Waals surface area contributed by atoms with Crippen LogP contribution in [0.4, 0.5) is 0 Å². The highest BCUT2D eigenvalue weighted by Gasteiger charge is 2.12. The molecule has 0 fully saturated rings. The number of nitrogens with zero attached hydrogens (tertiary/aromatic N) is 4. The average molecular weight is 543 g/mol. The summed E-state index contributed by atoms with van der Waals surface area (Å²) in [4.78, 5) is 29.2. The Morgan fingerprint density at radius 2 is 1.86 bits per heavy atom. The molecule has 3 aromatic carbocycles. The van der Waals surface area contributed by atoms with Gasteiger partial charge in [-0.2, -0.15) is 9.78 Å². The molecule has 0 saturated carbocycles. The molecule has 2 aromatic heterocycles. The maximum absolute atomic E-state index is 13.3. The Balaban J connectivity index is 1.56. The highest BCUT2D eigenvalue weighted by atomic mass is 79.9. The Kier molecular flexibility index (Phi) is 6.52. The van der Waals surface area contributed by atoms with Crippen LogP contribution in [-0.4, -0.2) is 31.5 Å². The summed E-state index contributed by atoms with van der Waals surface area (Å²) in [5, 5.41) is 15.3. The molecule has 5 rings (SSSR count). The lowest BCUT2D eigenvalue weighted by atomic mass is 10.1. The van der Waals surface area contributed by atoms with E-state index in [4.69, 9.17) is 10.1 Å². The molecule has 7 nitrogen and oxygen atoms in total. The van der Waals surface area contributed by atoms with E-state index in [-0.39, 0.29) is 11.1 Å². The number of benzene rings is 3. The maximum Gasteiger partial charge on any atom is 0.335 e. The number of para-hydroxylation sites is 1. The van der Waals surface area contributed by atoms with Gasteiger partial charge in [-0.25, -0.2) is 9.78 Å². The van der Waals surface area contributed by atoms with Crippen LogP contribution < -0.4 is 5.56 Å². The van der Waals surface area contributed by atoms with Crippen LogP contribution in [-0.2, 0) is 13.0 Å². The van der Waals surface area contributed by atoms with E-state index in [1.807, 2.05) is 61.7 Å². The second kappa shape index (κ2) is 9.91. The number of carboxylic acid groups (broad SMARTS) is 1. The van der Waals surface area contributed by atoms with Gasteiger partial charge in [-0.3, -0.25) is 4.79 Å². The molecule has 36 heavy (non-hydrogen) atoms. The number of carboxylic acids is 1. The van der Waals surface area contributed by atoms with Gasteiger partial charge in [0.05, 0.1) is 22.7 Å². The number of halogens is 1. The zero-order chi connectivity index (χ0) is 25.2. The van der Waals surface area contributed by atoms with E-state index in [1.165, 1.54) is 4.68 Å². The SMILES string of the molecule is CCCc1nc2ccc(Br)cc2c(=O)n1N=Cc1cn(Cc2ccc(C(=O)O)cc2)c2ccccc12. The monoisotopic (exact) mass is 542 g/mol. The quantitative estimate of drug-likeness (QED) is 0.267. The van der Waals surface area contributed by atoms with E-state index in [1.54, 1.807) is 24.4 Å². The number of hydrogen-bond donors (Lipinski definition) is 1. The maximum atomic E-state index is 13.3. The zero-order valence-corrected chi connectivity index (χ0v) is 21.1. The van der Waals surface area contributed by atoms with Crippen molar-refractivity contribution in [3.05, 3.63) is 110 Å². The second-order valence-electron chi connectivity index (χ2n) is 8.53. The third-order valence-corrected chi connectivity index (χ3v) is 6.53. The number of hydrogen-bond acceptors (Lipinski definition) is 4. The summed E-state index contributed by atoms with van der Waals surface area (Å²) in [6, 6.07) is 20.3. The molecule has 0 aliphatic carbocycles. The van der Waals surface area contributed by atoms with Crippen LogP contribution in [0.25, 0.3) is 21.8 Å². The second-order valence-corrected chi connectivity index (χ2v) is 9.45. The van der Waals surface area contributed by atoms with Crippen molar-refractivity contribution >= 4 is 49.9 Å². The van der Waals surface area contributed by atoms with Crippen molar-refractivity contribution in [2.24, 2.45) is 5.10 Å². The molecule has 8 heteroatoms. The summed E-state index contributed by atoms with van der Waals surface area (Å²) in [5.74, 6) is -0.324. The first-order valence-electron chi connectivity index (χ1n) is 11.6. The lowest BCUT2D eigenvalue weighted by molar-refractivity contribution is 0.0697. The molecule has 0 aliphatic heterocycles. The molecular formula is C28H23BrN4O3. The van der Waals surface area contributed by atoms with Crippen molar-refractivity contribution in [1.82, 2.24) is 14.2 Å². The van der Waals surface area contributed by atoms with E-state index in [2.05, 4.69) is 25.6 Å². The van der Waals surface area contributed by atoms with Gasteiger partial charge >= 0.3 is 5.97 Å². The van der Waals surface area contributed by atoms with Crippen LogP contribution in [0.1, 0.15) is 40.7 Å². The van der Waals surface area contributed by atoms with Crippen molar-refractivity contribution < 1.29 is 9.90 Å². The third kappa shape index (κ3) is 4.59. The first kappa shape index (κ1) is 23.7. The van der Waals surface area contributed by atoms with Gasteiger partial charge in [-0.15, -0.1) is 0 Å². The predicted octanol–water partition coefficient (Wildman–Crippen LogP) is 5.69. The van der Waals surface area contributed by atoms with E-state index in [9.17, 15) is 9.59 Å². The number of carbonyl (C=O) groups is 1. The summed E-state index contributed by atoms with van der Waals surface area (Å²) in [5.41, 5.74) is 3.58. The molecule has 0 aliphatic rings. The smallest absolute Gasteiger partial charge is 0.335 e. The van der Waals surface area contributed by atoms with Gasteiger partial charge in [0.1, 0.15) is 5.82 Å². The van der Waals surface area contributed by atoms with Crippen LogP contribution in [0.2, 0.25) is 0 Å². The first-order chi connectivity index (χ1) is 17.4. The molecule has 0 amide bonds. The molecular weight excluding hydrogens is 520 g/mol. The van der Waals surface area contributed by atoms with Gasteiger partial charge in [0.2, 0.25) is 0 Å². The molecule has 0 spiro atoms. The van der Waals surface area contributed by atoms with E-state index in [0.717, 1.165) is 32.9 Å². The highest BCUT2D eigenvalue weighted by Crippen LogP contribution is 2.22. The van der Waals surface area contributed by atoms with E-state index >= 15 is 0 Å². The van der Waals surface area contributed by atoms with Crippen molar-refractivity contribution in [1.29, 1.82) is 0 Å². The fourth-order valence-electron chi connectivity index (χ4n) is 4.28. The highest BCUT2D eigenvalue weighted by molar-refractivity contribution is 9.10. The third-order valence-electron chi connectivity index (χ3n) is 6.03. The number of fused-ring (bicyclic) bond motifs is 2. The largest absolute Gasteiger partial charge is 0.478 e. The van der Waals surface area contributed by atoms with Gasteiger partial charge in [0.15, 0.2) is 0 Å². The van der Waals surface area contributed by atoms with Crippen LogP contribution in [0.15, 0.2) is 87.3 Å². The number of aromatic carboxylic acids is 1. The van der Waals surface area contributed by atoms with Crippen LogP contribution in [0.3, 0.4) is 0 Å². The van der Waals surface area contributed by atoms with Crippen molar-refractivity contribution in [3.63, 3.8) is 0 Å². The van der Waals surface area contributed by atoms with Crippen LogP contribution in [0.5, 0.6) is 0 Å². The Bertz CT molecular complexity index is 1680.